The lowest BCUT2D eigenvalue weighted by Gasteiger charge is -2.32. The number of H-pyrrole nitrogens is 1. The van der Waals surface area contributed by atoms with E-state index in [9.17, 15) is 17.6 Å². The number of nitrogens with zero attached hydrogens (tertiary/aromatic N) is 7. The quantitative estimate of drug-likeness (QED) is 0.400. The molecule has 1 N–H and O–H groups in total. The number of imidazole rings is 1. The fourth-order valence-electron chi connectivity index (χ4n) is 4.10. The molecule has 0 unspecified atom stereocenters. The molecule has 5 aromatic rings. The third-order valence-electron chi connectivity index (χ3n) is 5.61. The van der Waals surface area contributed by atoms with Crippen molar-refractivity contribution in [2.75, 3.05) is 11.4 Å². The Bertz CT molecular complexity index is 1490. The van der Waals surface area contributed by atoms with E-state index < -0.39 is 23.7 Å². The smallest absolute Gasteiger partial charge is 0.402 e. The highest BCUT2D eigenvalue weighted by Gasteiger charge is 2.38. The van der Waals surface area contributed by atoms with Crippen molar-refractivity contribution in [1.82, 2.24) is 34.8 Å². The monoisotopic (exact) mass is 470 g/mol. The molecule has 9 nitrogen and oxygen atoms in total. The SMILES string of the molecule is Fc1ccc(-c2nnc(N3CCc4[nH]cnc4[C@H]3c3cc4cccc(C(F)(F)F)n4n3)o2)nc1. The molecule has 0 saturated carbocycles. The summed E-state index contributed by atoms with van der Waals surface area (Å²) in [6.07, 6.45) is -1.44. The maximum absolute atomic E-state index is 13.5. The molecule has 0 fully saturated rings. The maximum atomic E-state index is 13.5. The van der Waals surface area contributed by atoms with E-state index in [1.165, 1.54) is 24.5 Å². The molecule has 1 aliphatic heterocycles. The van der Waals surface area contributed by atoms with Crippen LogP contribution in [0.15, 0.2) is 53.3 Å². The van der Waals surface area contributed by atoms with Gasteiger partial charge in [-0.25, -0.2) is 18.9 Å². The number of aromatic amines is 1. The summed E-state index contributed by atoms with van der Waals surface area (Å²) in [7, 11) is 0. The van der Waals surface area contributed by atoms with E-state index >= 15 is 0 Å². The predicted octanol–water partition coefficient (Wildman–Crippen LogP) is 3.81. The van der Waals surface area contributed by atoms with Crippen molar-refractivity contribution in [3.05, 3.63) is 77.5 Å². The van der Waals surface area contributed by atoms with E-state index in [1.807, 2.05) is 0 Å². The standard InChI is InChI=1S/C21H14F4N8O/c22-11-4-5-14(26-9-11)19-29-30-20(34-19)32-7-6-13-17(28-10-27-13)18(32)15-8-12-2-1-3-16(21(23,24)25)33(12)31-15/h1-5,8-10,18H,6-7H2,(H,27,28)/t18-/m1/s1. The normalized spacial score (nSPS) is 16.2. The number of anilines is 1. The van der Waals surface area contributed by atoms with Gasteiger partial charge >= 0.3 is 12.2 Å². The lowest BCUT2D eigenvalue weighted by atomic mass is 10.0. The van der Waals surface area contributed by atoms with Gasteiger partial charge in [0, 0.05) is 18.7 Å². The first kappa shape index (κ1) is 20.3. The number of fused-ring (bicyclic) bond motifs is 2. The zero-order valence-corrected chi connectivity index (χ0v) is 17.2. The minimum Gasteiger partial charge on any atom is -0.402 e. The van der Waals surface area contributed by atoms with Gasteiger partial charge in [0.25, 0.3) is 5.89 Å². The van der Waals surface area contributed by atoms with Crippen LogP contribution >= 0.6 is 0 Å². The van der Waals surface area contributed by atoms with Crippen molar-refractivity contribution in [2.24, 2.45) is 0 Å². The van der Waals surface area contributed by atoms with Crippen LogP contribution in [-0.2, 0) is 12.6 Å². The molecule has 1 aliphatic rings. The average molecular weight is 470 g/mol. The maximum Gasteiger partial charge on any atom is 0.433 e. The summed E-state index contributed by atoms with van der Waals surface area (Å²) < 4.78 is 60.5. The number of nitrogens with one attached hydrogen (secondary N) is 1. The van der Waals surface area contributed by atoms with Gasteiger partial charge in [-0.3, -0.25) is 0 Å². The van der Waals surface area contributed by atoms with E-state index in [1.54, 1.807) is 17.0 Å². The first-order chi connectivity index (χ1) is 16.4. The minimum absolute atomic E-state index is 0.0796. The van der Waals surface area contributed by atoms with E-state index in [0.29, 0.717) is 24.4 Å². The van der Waals surface area contributed by atoms with Crippen LogP contribution in [0.5, 0.6) is 0 Å². The molecular formula is C21H14F4N8O. The second kappa shape index (κ2) is 7.37. The number of pyridine rings is 2. The zero-order valence-electron chi connectivity index (χ0n) is 17.2. The number of aromatic nitrogens is 7. The summed E-state index contributed by atoms with van der Waals surface area (Å²) >= 11 is 0. The highest BCUT2D eigenvalue weighted by atomic mass is 19.4. The fraction of sp³-hybridized carbons (Fsp3) is 0.190. The highest BCUT2D eigenvalue weighted by Crippen LogP contribution is 2.38. The van der Waals surface area contributed by atoms with Gasteiger partial charge in [-0.2, -0.15) is 18.3 Å². The minimum atomic E-state index is -4.57. The number of hydrogen-bond acceptors (Lipinski definition) is 7. The van der Waals surface area contributed by atoms with Crippen molar-refractivity contribution in [3.63, 3.8) is 0 Å². The van der Waals surface area contributed by atoms with Crippen LogP contribution in [0.25, 0.3) is 17.1 Å². The van der Waals surface area contributed by atoms with E-state index in [2.05, 4.69) is 30.2 Å². The first-order valence-electron chi connectivity index (χ1n) is 10.2. The molecule has 13 heteroatoms. The van der Waals surface area contributed by atoms with E-state index in [4.69, 9.17) is 4.42 Å². The van der Waals surface area contributed by atoms with Gasteiger partial charge in [0.15, 0.2) is 0 Å². The Labute approximate surface area is 188 Å². The molecule has 0 aromatic carbocycles. The molecule has 0 radical (unpaired) electrons. The van der Waals surface area contributed by atoms with Gasteiger partial charge in [0.1, 0.15) is 23.2 Å². The Morgan fingerprint density at radius 2 is 1.97 bits per heavy atom. The van der Waals surface area contributed by atoms with Gasteiger partial charge in [0.05, 0.1) is 29.4 Å². The van der Waals surface area contributed by atoms with Crippen LogP contribution in [0.3, 0.4) is 0 Å². The van der Waals surface area contributed by atoms with E-state index in [-0.39, 0.29) is 23.1 Å². The highest BCUT2D eigenvalue weighted by molar-refractivity contribution is 5.54. The molecule has 34 heavy (non-hydrogen) atoms. The van der Waals surface area contributed by atoms with Gasteiger partial charge < -0.3 is 14.3 Å². The van der Waals surface area contributed by atoms with Crippen LogP contribution in [-0.4, -0.2) is 41.3 Å². The summed E-state index contributed by atoms with van der Waals surface area (Å²) in [6.45, 7) is 0.415. The molecule has 0 amide bonds. The molecule has 172 valence electrons. The molecule has 6 heterocycles. The summed E-state index contributed by atoms with van der Waals surface area (Å²) in [4.78, 5) is 13.1. The lowest BCUT2D eigenvalue weighted by molar-refractivity contribution is -0.142. The van der Waals surface area contributed by atoms with Crippen LogP contribution in [0.1, 0.15) is 28.8 Å². The molecule has 5 aromatic heterocycles. The Hall–Kier alpha value is -4.29. The van der Waals surface area contributed by atoms with Gasteiger partial charge in [-0.15, -0.1) is 5.10 Å². The topological polar surface area (TPSA) is 101 Å². The second-order valence-electron chi connectivity index (χ2n) is 7.68. The van der Waals surface area contributed by atoms with Crippen molar-refractivity contribution in [3.8, 4) is 11.6 Å². The summed E-state index contributed by atoms with van der Waals surface area (Å²) in [6, 6.07) is 7.52. The third kappa shape index (κ3) is 3.27. The predicted molar refractivity (Wildman–Crippen MR) is 109 cm³/mol. The Morgan fingerprint density at radius 3 is 2.76 bits per heavy atom. The molecule has 0 aliphatic carbocycles. The summed E-state index contributed by atoms with van der Waals surface area (Å²) in [5.41, 5.74) is 1.47. The number of alkyl halides is 3. The lowest BCUT2D eigenvalue weighted by Crippen LogP contribution is -2.37. The fourth-order valence-corrected chi connectivity index (χ4v) is 4.10. The number of hydrogen-bond donors (Lipinski definition) is 1. The molecule has 0 spiro atoms. The van der Waals surface area contributed by atoms with Crippen LogP contribution in [0.4, 0.5) is 23.6 Å². The van der Waals surface area contributed by atoms with Crippen molar-refractivity contribution >= 4 is 11.5 Å². The first-order valence-corrected chi connectivity index (χ1v) is 10.2. The average Bonchev–Trinajstić information content (AvgIpc) is 3.56. The van der Waals surface area contributed by atoms with Crippen LogP contribution in [0.2, 0.25) is 0 Å². The van der Waals surface area contributed by atoms with Crippen molar-refractivity contribution in [2.45, 2.75) is 18.6 Å². The third-order valence-corrected chi connectivity index (χ3v) is 5.61. The molecule has 0 bridgehead atoms. The van der Waals surface area contributed by atoms with Crippen LogP contribution < -0.4 is 4.90 Å². The molecular weight excluding hydrogens is 456 g/mol. The largest absolute Gasteiger partial charge is 0.433 e. The van der Waals surface area contributed by atoms with E-state index in [0.717, 1.165) is 22.5 Å². The zero-order chi connectivity index (χ0) is 23.4. The molecule has 1 atom stereocenters. The van der Waals surface area contributed by atoms with Crippen LogP contribution in [0, 0.1) is 5.82 Å². The van der Waals surface area contributed by atoms with Crippen molar-refractivity contribution < 1.29 is 22.0 Å². The summed E-state index contributed by atoms with van der Waals surface area (Å²) in [5, 5.41) is 12.4. The van der Waals surface area contributed by atoms with Crippen molar-refractivity contribution in [1.29, 1.82) is 0 Å². The Balaban J connectivity index is 1.45. The number of rotatable bonds is 3. The van der Waals surface area contributed by atoms with Gasteiger partial charge in [0.2, 0.25) is 0 Å². The summed E-state index contributed by atoms with van der Waals surface area (Å²) in [5.74, 6) is -0.424. The second-order valence-corrected chi connectivity index (χ2v) is 7.68. The Kier molecular flexibility index (Phi) is 4.40. The number of halogens is 4. The van der Waals surface area contributed by atoms with Gasteiger partial charge in [-0.05, 0) is 30.3 Å². The molecule has 6 rings (SSSR count). The van der Waals surface area contributed by atoms with Gasteiger partial charge in [-0.1, -0.05) is 11.2 Å². The molecule has 0 saturated heterocycles. The Morgan fingerprint density at radius 1 is 1.09 bits per heavy atom.